The second-order valence-electron chi connectivity index (χ2n) is 5.43. The van der Waals surface area contributed by atoms with Gasteiger partial charge in [-0.05, 0) is 32.1 Å². The lowest BCUT2D eigenvalue weighted by Crippen LogP contribution is -2.65. The maximum atomic E-state index is 11.0. The molecule has 0 unspecified atom stereocenters. The quantitative estimate of drug-likeness (QED) is 0.733. The third-order valence-electron chi connectivity index (χ3n) is 4.03. The molecule has 3 heteroatoms. The molecule has 2 fully saturated rings. The van der Waals surface area contributed by atoms with Gasteiger partial charge in [0.05, 0.1) is 0 Å². The molecule has 1 aliphatic carbocycles. The van der Waals surface area contributed by atoms with E-state index in [4.69, 9.17) is 5.11 Å². The number of rotatable bonds is 2. The summed E-state index contributed by atoms with van der Waals surface area (Å²) >= 11 is 0. The second kappa shape index (κ2) is 2.96. The van der Waals surface area contributed by atoms with Gasteiger partial charge in [0.25, 0.3) is 0 Å². The van der Waals surface area contributed by atoms with Crippen LogP contribution in [0.4, 0.5) is 0 Å². The second-order valence-corrected chi connectivity index (χ2v) is 5.43. The predicted octanol–water partition coefficient (Wildman–Crippen LogP) is 1.73. The summed E-state index contributed by atoms with van der Waals surface area (Å²) in [6, 6.07) is 0. The molecule has 2 aliphatic rings. The number of carbonyl (C=O) groups is 1. The number of hydrogen-bond acceptors (Lipinski definition) is 2. The molecule has 14 heavy (non-hydrogen) atoms. The summed E-state index contributed by atoms with van der Waals surface area (Å²) in [6.45, 7) is 5.59. The standard InChI is InChI=1S/C11H19NO2/c1-10(2,9(13)14)12-7-11(8-12)5-3-4-6-11/h3-8H2,1-2H3,(H,13,14). The average molecular weight is 197 g/mol. The summed E-state index contributed by atoms with van der Waals surface area (Å²) in [5.74, 6) is -0.703. The van der Waals surface area contributed by atoms with E-state index in [0.29, 0.717) is 5.41 Å². The third-order valence-corrected chi connectivity index (χ3v) is 4.03. The van der Waals surface area contributed by atoms with Gasteiger partial charge >= 0.3 is 5.97 Å². The van der Waals surface area contributed by atoms with E-state index >= 15 is 0 Å². The monoisotopic (exact) mass is 197 g/mol. The third kappa shape index (κ3) is 1.34. The van der Waals surface area contributed by atoms with Crippen LogP contribution >= 0.6 is 0 Å². The van der Waals surface area contributed by atoms with Gasteiger partial charge in [-0.3, -0.25) is 9.69 Å². The Morgan fingerprint density at radius 1 is 1.29 bits per heavy atom. The molecule has 0 atom stereocenters. The fraction of sp³-hybridized carbons (Fsp3) is 0.909. The SMILES string of the molecule is CC(C)(C(=O)O)N1CC2(CCCC2)C1. The van der Waals surface area contributed by atoms with E-state index in [1.165, 1.54) is 25.7 Å². The molecule has 1 saturated carbocycles. The minimum Gasteiger partial charge on any atom is -0.480 e. The predicted molar refractivity (Wildman–Crippen MR) is 54.2 cm³/mol. The fourth-order valence-corrected chi connectivity index (χ4v) is 2.74. The molecular formula is C11H19NO2. The Bertz CT molecular complexity index is 246. The highest BCUT2D eigenvalue weighted by Gasteiger charge is 2.51. The zero-order valence-corrected chi connectivity index (χ0v) is 9.05. The summed E-state index contributed by atoms with van der Waals surface area (Å²) in [5.41, 5.74) is -0.180. The topological polar surface area (TPSA) is 40.5 Å². The van der Waals surface area contributed by atoms with Crippen molar-refractivity contribution < 1.29 is 9.90 Å². The van der Waals surface area contributed by atoms with Crippen molar-refractivity contribution in [2.45, 2.75) is 45.1 Å². The minimum absolute atomic E-state index is 0.493. The van der Waals surface area contributed by atoms with E-state index in [1.54, 1.807) is 13.8 Å². The Balaban J connectivity index is 1.96. The molecule has 0 amide bonds. The van der Waals surface area contributed by atoms with Crippen molar-refractivity contribution in [1.82, 2.24) is 4.90 Å². The van der Waals surface area contributed by atoms with Gasteiger partial charge in [-0.1, -0.05) is 12.8 Å². The molecule has 3 nitrogen and oxygen atoms in total. The van der Waals surface area contributed by atoms with Crippen molar-refractivity contribution in [3.8, 4) is 0 Å². The molecule has 1 saturated heterocycles. The first kappa shape index (κ1) is 9.97. The fourth-order valence-electron chi connectivity index (χ4n) is 2.74. The first-order valence-corrected chi connectivity index (χ1v) is 5.45. The van der Waals surface area contributed by atoms with E-state index in [2.05, 4.69) is 4.90 Å². The molecule has 1 aliphatic heterocycles. The number of likely N-dealkylation sites (tertiary alicyclic amines) is 1. The molecule has 2 rings (SSSR count). The van der Waals surface area contributed by atoms with E-state index in [9.17, 15) is 4.79 Å². The van der Waals surface area contributed by atoms with Crippen LogP contribution in [0.25, 0.3) is 0 Å². The Labute approximate surface area is 85.1 Å². The number of hydrogen-bond donors (Lipinski definition) is 1. The van der Waals surface area contributed by atoms with Crippen LogP contribution in [0.5, 0.6) is 0 Å². The van der Waals surface area contributed by atoms with Crippen molar-refractivity contribution >= 4 is 5.97 Å². The Morgan fingerprint density at radius 3 is 2.21 bits per heavy atom. The molecular weight excluding hydrogens is 178 g/mol. The largest absolute Gasteiger partial charge is 0.480 e. The summed E-state index contributed by atoms with van der Waals surface area (Å²) in [4.78, 5) is 13.1. The van der Waals surface area contributed by atoms with Gasteiger partial charge in [-0.25, -0.2) is 0 Å². The van der Waals surface area contributed by atoms with Crippen molar-refractivity contribution in [3.63, 3.8) is 0 Å². The minimum atomic E-state index is -0.703. The molecule has 1 N–H and O–H groups in total. The van der Waals surface area contributed by atoms with E-state index in [1.807, 2.05) is 0 Å². The van der Waals surface area contributed by atoms with Gasteiger partial charge in [-0.15, -0.1) is 0 Å². The van der Waals surface area contributed by atoms with Crippen molar-refractivity contribution in [3.05, 3.63) is 0 Å². The first-order valence-electron chi connectivity index (χ1n) is 5.45. The summed E-state index contributed by atoms with van der Waals surface area (Å²) in [7, 11) is 0. The van der Waals surface area contributed by atoms with Crippen molar-refractivity contribution in [1.29, 1.82) is 0 Å². The zero-order chi connectivity index (χ0) is 10.4. The lowest BCUT2D eigenvalue weighted by molar-refractivity contribution is -0.159. The van der Waals surface area contributed by atoms with Gasteiger partial charge in [0.15, 0.2) is 0 Å². The van der Waals surface area contributed by atoms with Crippen LogP contribution in [-0.2, 0) is 4.79 Å². The van der Waals surface area contributed by atoms with Crippen LogP contribution in [0.2, 0.25) is 0 Å². The lowest BCUT2D eigenvalue weighted by atomic mass is 9.75. The van der Waals surface area contributed by atoms with Crippen LogP contribution in [-0.4, -0.2) is 34.6 Å². The number of carboxylic acids is 1. The van der Waals surface area contributed by atoms with Crippen LogP contribution < -0.4 is 0 Å². The van der Waals surface area contributed by atoms with Crippen molar-refractivity contribution in [2.75, 3.05) is 13.1 Å². The number of nitrogens with zero attached hydrogens (tertiary/aromatic N) is 1. The zero-order valence-electron chi connectivity index (χ0n) is 9.05. The highest BCUT2D eigenvalue weighted by atomic mass is 16.4. The van der Waals surface area contributed by atoms with E-state index < -0.39 is 11.5 Å². The summed E-state index contributed by atoms with van der Waals surface area (Å²) in [6.07, 6.45) is 5.28. The van der Waals surface area contributed by atoms with Gasteiger partial charge in [0.1, 0.15) is 5.54 Å². The molecule has 0 aromatic carbocycles. The maximum absolute atomic E-state index is 11.0. The Hall–Kier alpha value is -0.570. The van der Waals surface area contributed by atoms with E-state index in [0.717, 1.165) is 13.1 Å². The highest BCUT2D eigenvalue weighted by molar-refractivity contribution is 5.77. The van der Waals surface area contributed by atoms with Gasteiger partial charge in [0.2, 0.25) is 0 Å². The van der Waals surface area contributed by atoms with Crippen molar-refractivity contribution in [2.24, 2.45) is 5.41 Å². The highest BCUT2D eigenvalue weighted by Crippen LogP contribution is 2.47. The lowest BCUT2D eigenvalue weighted by Gasteiger charge is -2.53. The molecule has 1 spiro atoms. The molecule has 0 radical (unpaired) electrons. The van der Waals surface area contributed by atoms with Gasteiger partial charge in [0, 0.05) is 13.1 Å². The van der Waals surface area contributed by atoms with Crippen LogP contribution in [0.3, 0.4) is 0 Å². The number of aliphatic carboxylic acids is 1. The number of carboxylic acid groups (broad SMARTS) is 1. The molecule has 1 heterocycles. The maximum Gasteiger partial charge on any atom is 0.323 e. The smallest absolute Gasteiger partial charge is 0.323 e. The molecule has 0 bridgehead atoms. The molecule has 80 valence electrons. The normalized spacial score (nSPS) is 26.4. The Kier molecular flexibility index (Phi) is 2.11. The molecule has 0 aromatic rings. The Morgan fingerprint density at radius 2 is 1.79 bits per heavy atom. The van der Waals surface area contributed by atoms with Crippen LogP contribution in [0.15, 0.2) is 0 Å². The van der Waals surface area contributed by atoms with Gasteiger partial charge < -0.3 is 5.11 Å². The average Bonchev–Trinajstić information content (AvgIpc) is 2.48. The van der Waals surface area contributed by atoms with Crippen LogP contribution in [0.1, 0.15) is 39.5 Å². The molecule has 0 aromatic heterocycles. The van der Waals surface area contributed by atoms with E-state index in [-0.39, 0.29) is 0 Å². The summed E-state index contributed by atoms with van der Waals surface area (Å²) in [5, 5.41) is 9.07. The summed E-state index contributed by atoms with van der Waals surface area (Å²) < 4.78 is 0. The van der Waals surface area contributed by atoms with Gasteiger partial charge in [-0.2, -0.15) is 0 Å². The van der Waals surface area contributed by atoms with Crippen LogP contribution in [0, 0.1) is 5.41 Å². The first-order chi connectivity index (χ1) is 6.46.